The summed E-state index contributed by atoms with van der Waals surface area (Å²) in [6.07, 6.45) is 0.413. The Balaban J connectivity index is 2.51. The average molecular weight is 265 g/mol. The van der Waals surface area contributed by atoms with Crippen LogP contribution in [0.15, 0.2) is 24.3 Å². The summed E-state index contributed by atoms with van der Waals surface area (Å²) >= 11 is 0. The molecule has 2 N–H and O–H groups in total. The topological polar surface area (TPSA) is 58.6 Å². The Bertz CT molecular complexity index is 404. The smallest absolute Gasteiger partial charge is 0.338 e. The van der Waals surface area contributed by atoms with Crippen molar-refractivity contribution in [1.29, 1.82) is 0 Å². The van der Waals surface area contributed by atoms with E-state index in [0.717, 1.165) is 12.0 Å². The molecule has 1 rings (SSSR count). The van der Waals surface area contributed by atoms with Crippen molar-refractivity contribution in [3.63, 3.8) is 0 Å². The largest absolute Gasteiger partial charge is 0.465 e. The van der Waals surface area contributed by atoms with Gasteiger partial charge in [0.05, 0.1) is 18.8 Å². The molecule has 0 spiro atoms. The highest BCUT2D eigenvalue weighted by atomic mass is 16.5. The van der Waals surface area contributed by atoms with Crippen LogP contribution in [-0.4, -0.2) is 30.8 Å². The van der Waals surface area contributed by atoms with Crippen LogP contribution in [0.1, 0.15) is 36.2 Å². The van der Waals surface area contributed by atoms with Gasteiger partial charge >= 0.3 is 5.97 Å². The van der Waals surface area contributed by atoms with Gasteiger partial charge in [-0.1, -0.05) is 32.0 Å². The molecule has 0 aromatic heterocycles. The summed E-state index contributed by atoms with van der Waals surface area (Å²) in [4.78, 5) is 11.6. The van der Waals surface area contributed by atoms with Crippen LogP contribution in [-0.2, 0) is 11.3 Å². The zero-order valence-electron chi connectivity index (χ0n) is 11.8. The quantitative estimate of drug-likeness (QED) is 0.740. The SMILES string of the molecule is COC(=O)c1ccccc1CNCC(O)CC(C)C. The van der Waals surface area contributed by atoms with Gasteiger partial charge in [-0.2, -0.15) is 0 Å². The molecule has 0 saturated heterocycles. The number of hydrogen-bond donors (Lipinski definition) is 2. The lowest BCUT2D eigenvalue weighted by atomic mass is 10.1. The molecule has 0 aliphatic heterocycles. The van der Waals surface area contributed by atoms with Crippen LogP contribution in [0.4, 0.5) is 0 Å². The molecule has 0 fully saturated rings. The van der Waals surface area contributed by atoms with E-state index in [1.165, 1.54) is 7.11 Å². The second-order valence-corrected chi connectivity index (χ2v) is 5.06. The van der Waals surface area contributed by atoms with Crippen LogP contribution < -0.4 is 5.32 Å². The van der Waals surface area contributed by atoms with Crippen molar-refractivity contribution in [2.75, 3.05) is 13.7 Å². The number of benzene rings is 1. The van der Waals surface area contributed by atoms with E-state index in [2.05, 4.69) is 19.2 Å². The second kappa shape index (κ2) is 7.92. The molecule has 19 heavy (non-hydrogen) atoms. The van der Waals surface area contributed by atoms with Gasteiger partial charge in [-0.05, 0) is 24.0 Å². The van der Waals surface area contributed by atoms with E-state index in [1.807, 2.05) is 18.2 Å². The summed E-state index contributed by atoms with van der Waals surface area (Å²) in [6.45, 7) is 5.22. The molecule has 0 radical (unpaired) electrons. The number of esters is 1. The van der Waals surface area contributed by atoms with Crippen molar-refractivity contribution in [2.24, 2.45) is 5.92 Å². The second-order valence-electron chi connectivity index (χ2n) is 5.06. The van der Waals surface area contributed by atoms with Gasteiger partial charge in [0, 0.05) is 13.1 Å². The van der Waals surface area contributed by atoms with Crippen molar-refractivity contribution in [2.45, 2.75) is 32.9 Å². The Morgan fingerprint density at radius 1 is 1.37 bits per heavy atom. The van der Waals surface area contributed by atoms with Crippen LogP contribution in [0.2, 0.25) is 0 Å². The monoisotopic (exact) mass is 265 g/mol. The zero-order chi connectivity index (χ0) is 14.3. The standard InChI is InChI=1S/C15H23NO3/c1-11(2)8-13(17)10-16-9-12-6-4-5-7-14(12)15(18)19-3/h4-7,11,13,16-17H,8-10H2,1-3H3. The molecule has 1 aromatic rings. The number of aliphatic hydroxyl groups is 1. The maximum atomic E-state index is 11.6. The van der Waals surface area contributed by atoms with Crippen molar-refractivity contribution >= 4 is 5.97 Å². The Morgan fingerprint density at radius 2 is 2.05 bits per heavy atom. The molecule has 4 heteroatoms. The van der Waals surface area contributed by atoms with Gasteiger partial charge < -0.3 is 15.2 Å². The summed E-state index contributed by atoms with van der Waals surface area (Å²) < 4.78 is 4.74. The summed E-state index contributed by atoms with van der Waals surface area (Å²) in [7, 11) is 1.37. The van der Waals surface area contributed by atoms with Crippen LogP contribution in [0, 0.1) is 5.92 Å². The van der Waals surface area contributed by atoms with Gasteiger partial charge in [-0.15, -0.1) is 0 Å². The van der Waals surface area contributed by atoms with Crippen LogP contribution in [0.5, 0.6) is 0 Å². The Kier molecular flexibility index (Phi) is 6.53. The molecule has 0 aliphatic carbocycles. The lowest BCUT2D eigenvalue weighted by molar-refractivity contribution is 0.0599. The van der Waals surface area contributed by atoms with Gasteiger partial charge in [0.2, 0.25) is 0 Å². The zero-order valence-corrected chi connectivity index (χ0v) is 11.8. The minimum atomic E-state index is -0.356. The van der Waals surface area contributed by atoms with E-state index in [-0.39, 0.29) is 12.1 Å². The number of nitrogens with one attached hydrogen (secondary N) is 1. The van der Waals surface area contributed by atoms with E-state index >= 15 is 0 Å². The molecule has 1 aromatic carbocycles. The first-order valence-corrected chi connectivity index (χ1v) is 6.59. The van der Waals surface area contributed by atoms with E-state index in [0.29, 0.717) is 24.6 Å². The third-order valence-electron chi connectivity index (χ3n) is 2.86. The van der Waals surface area contributed by atoms with Gasteiger partial charge in [0.15, 0.2) is 0 Å². The van der Waals surface area contributed by atoms with E-state index in [4.69, 9.17) is 4.74 Å². The molecule has 0 bridgehead atoms. The van der Waals surface area contributed by atoms with Crippen LogP contribution >= 0.6 is 0 Å². The number of aliphatic hydroxyl groups excluding tert-OH is 1. The van der Waals surface area contributed by atoms with Gasteiger partial charge in [-0.25, -0.2) is 4.79 Å². The summed E-state index contributed by atoms with van der Waals surface area (Å²) in [5.41, 5.74) is 1.45. The lowest BCUT2D eigenvalue weighted by Crippen LogP contribution is -2.28. The summed E-state index contributed by atoms with van der Waals surface area (Å²) in [5, 5.41) is 12.9. The molecule has 0 saturated carbocycles. The molecule has 4 nitrogen and oxygen atoms in total. The number of hydrogen-bond acceptors (Lipinski definition) is 4. The predicted molar refractivity (Wildman–Crippen MR) is 75.0 cm³/mol. The first-order valence-electron chi connectivity index (χ1n) is 6.59. The third-order valence-corrected chi connectivity index (χ3v) is 2.86. The maximum absolute atomic E-state index is 11.6. The minimum Gasteiger partial charge on any atom is -0.465 e. The average Bonchev–Trinajstić information content (AvgIpc) is 2.37. The van der Waals surface area contributed by atoms with Gasteiger partial charge in [0.1, 0.15) is 0 Å². The van der Waals surface area contributed by atoms with Crippen LogP contribution in [0.25, 0.3) is 0 Å². The van der Waals surface area contributed by atoms with Crippen LogP contribution in [0.3, 0.4) is 0 Å². The number of carbonyl (C=O) groups is 1. The van der Waals surface area contributed by atoms with E-state index in [9.17, 15) is 9.90 Å². The first-order chi connectivity index (χ1) is 9.04. The van der Waals surface area contributed by atoms with Crippen molar-refractivity contribution in [1.82, 2.24) is 5.32 Å². The highest BCUT2D eigenvalue weighted by Gasteiger charge is 2.11. The minimum absolute atomic E-state index is 0.333. The maximum Gasteiger partial charge on any atom is 0.338 e. The highest BCUT2D eigenvalue weighted by molar-refractivity contribution is 5.90. The van der Waals surface area contributed by atoms with E-state index in [1.54, 1.807) is 6.07 Å². The molecule has 0 aliphatic rings. The Labute approximate surface area is 114 Å². The Morgan fingerprint density at radius 3 is 2.68 bits per heavy atom. The number of ether oxygens (including phenoxy) is 1. The predicted octanol–water partition coefficient (Wildman–Crippen LogP) is 1.97. The number of rotatable bonds is 7. The molecule has 0 amide bonds. The molecule has 0 heterocycles. The normalized spacial score (nSPS) is 12.5. The van der Waals surface area contributed by atoms with Crippen molar-refractivity contribution < 1.29 is 14.6 Å². The fourth-order valence-corrected chi connectivity index (χ4v) is 1.98. The first kappa shape index (κ1) is 15.7. The highest BCUT2D eigenvalue weighted by Crippen LogP contribution is 2.10. The fourth-order valence-electron chi connectivity index (χ4n) is 1.98. The molecule has 1 unspecified atom stereocenters. The van der Waals surface area contributed by atoms with Gasteiger partial charge in [-0.3, -0.25) is 0 Å². The number of carbonyl (C=O) groups excluding carboxylic acids is 1. The fraction of sp³-hybridized carbons (Fsp3) is 0.533. The molecular weight excluding hydrogens is 242 g/mol. The molecular formula is C15H23NO3. The van der Waals surface area contributed by atoms with E-state index < -0.39 is 0 Å². The summed E-state index contributed by atoms with van der Waals surface area (Å²) in [6, 6.07) is 7.32. The molecule has 1 atom stereocenters. The molecule has 106 valence electrons. The van der Waals surface area contributed by atoms with Crippen molar-refractivity contribution in [3.8, 4) is 0 Å². The van der Waals surface area contributed by atoms with Crippen molar-refractivity contribution in [3.05, 3.63) is 35.4 Å². The lowest BCUT2D eigenvalue weighted by Gasteiger charge is -2.14. The van der Waals surface area contributed by atoms with Gasteiger partial charge in [0.25, 0.3) is 0 Å². The third kappa shape index (κ3) is 5.41. The summed E-state index contributed by atoms with van der Waals surface area (Å²) in [5.74, 6) is 0.138. The number of methoxy groups -OCH3 is 1. The Hall–Kier alpha value is -1.39.